The second-order valence-electron chi connectivity index (χ2n) is 4.95. The van der Waals surface area contributed by atoms with E-state index >= 15 is 0 Å². The molecule has 0 spiro atoms. The number of amides is 2. The van der Waals surface area contributed by atoms with Gasteiger partial charge in [-0.15, -0.1) is 0 Å². The average Bonchev–Trinajstić information content (AvgIpc) is 2.54. The van der Waals surface area contributed by atoms with Gasteiger partial charge in [0.2, 0.25) is 21.8 Å². The normalized spacial score (nSPS) is 10.9. The molecule has 3 N–H and O–H groups in total. The third-order valence-electron chi connectivity index (χ3n) is 2.94. The van der Waals surface area contributed by atoms with Gasteiger partial charge in [-0.2, -0.15) is 0 Å². The Morgan fingerprint density at radius 3 is 2.17 bits per heavy atom. The van der Waals surface area contributed by atoms with Crippen molar-refractivity contribution in [2.45, 2.75) is 11.8 Å². The monoisotopic (exact) mass is 347 g/mol. The summed E-state index contributed by atoms with van der Waals surface area (Å²) in [5, 5.41) is 5.16. The molecule has 2 amide bonds. The van der Waals surface area contributed by atoms with Crippen LogP contribution in [-0.2, 0) is 19.6 Å². The minimum Gasteiger partial charge on any atom is -0.326 e. The van der Waals surface area contributed by atoms with Crippen molar-refractivity contribution >= 4 is 33.2 Å². The lowest BCUT2D eigenvalue weighted by molar-refractivity contribution is -0.115. The van der Waals surface area contributed by atoms with Gasteiger partial charge in [0.05, 0.1) is 11.4 Å². The van der Waals surface area contributed by atoms with Crippen molar-refractivity contribution in [1.29, 1.82) is 0 Å². The van der Waals surface area contributed by atoms with E-state index in [9.17, 15) is 18.0 Å². The zero-order valence-electron chi connectivity index (χ0n) is 12.9. The van der Waals surface area contributed by atoms with Gasteiger partial charge in [-0.3, -0.25) is 9.59 Å². The number of anilines is 2. The van der Waals surface area contributed by atoms with Crippen LogP contribution in [0, 0.1) is 0 Å². The van der Waals surface area contributed by atoms with Crippen molar-refractivity contribution in [2.24, 2.45) is 0 Å². The molecule has 2 aromatic carbocycles. The SMILES string of the molecule is CC(=O)Nc1cccc(NC(=O)CNS(=O)(=O)c2ccccc2)c1. The van der Waals surface area contributed by atoms with Crippen molar-refractivity contribution in [3.8, 4) is 0 Å². The van der Waals surface area contributed by atoms with E-state index in [0.717, 1.165) is 0 Å². The van der Waals surface area contributed by atoms with Crippen LogP contribution in [0.2, 0.25) is 0 Å². The van der Waals surface area contributed by atoms with Crippen LogP contribution >= 0.6 is 0 Å². The predicted molar refractivity (Wildman–Crippen MR) is 91.0 cm³/mol. The van der Waals surface area contributed by atoms with Crippen LogP contribution in [0.1, 0.15) is 6.92 Å². The standard InChI is InChI=1S/C16H17N3O4S/c1-12(20)18-13-6-5-7-14(10-13)19-16(21)11-17-24(22,23)15-8-3-2-4-9-15/h2-10,17H,11H2,1H3,(H,18,20)(H,19,21). The van der Waals surface area contributed by atoms with E-state index in [1.807, 2.05) is 0 Å². The van der Waals surface area contributed by atoms with Crippen LogP contribution in [-0.4, -0.2) is 26.8 Å². The molecule has 126 valence electrons. The first-order chi connectivity index (χ1) is 11.4. The molecule has 7 nitrogen and oxygen atoms in total. The molecule has 0 aliphatic heterocycles. The van der Waals surface area contributed by atoms with Crippen molar-refractivity contribution < 1.29 is 18.0 Å². The highest BCUT2D eigenvalue weighted by molar-refractivity contribution is 7.89. The summed E-state index contributed by atoms with van der Waals surface area (Å²) in [7, 11) is -3.74. The number of hydrogen-bond acceptors (Lipinski definition) is 4. The van der Waals surface area contributed by atoms with Crippen LogP contribution in [0.4, 0.5) is 11.4 Å². The molecule has 2 rings (SSSR count). The molecule has 0 unspecified atom stereocenters. The molecular formula is C16H17N3O4S. The molecular weight excluding hydrogens is 330 g/mol. The fourth-order valence-corrected chi connectivity index (χ4v) is 2.93. The van der Waals surface area contributed by atoms with Crippen molar-refractivity contribution in [3.05, 3.63) is 54.6 Å². The van der Waals surface area contributed by atoms with Crippen LogP contribution in [0.5, 0.6) is 0 Å². The van der Waals surface area contributed by atoms with Crippen LogP contribution < -0.4 is 15.4 Å². The molecule has 2 aromatic rings. The molecule has 0 fully saturated rings. The van der Waals surface area contributed by atoms with E-state index in [0.29, 0.717) is 11.4 Å². The average molecular weight is 347 g/mol. The second kappa shape index (κ2) is 7.71. The van der Waals surface area contributed by atoms with Gasteiger partial charge in [-0.25, -0.2) is 13.1 Å². The zero-order chi connectivity index (χ0) is 17.6. The number of sulfonamides is 1. The molecule has 0 bridgehead atoms. The van der Waals surface area contributed by atoms with Crippen LogP contribution in [0.15, 0.2) is 59.5 Å². The largest absolute Gasteiger partial charge is 0.326 e. The summed E-state index contributed by atoms with van der Waals surface area (Å²) >= 11 is 0. The molecule has 8 heteroatoms. The first-order valence-electron chi connectivity index (χ1n) is 7.09. The Hall–Kier alpha value is -2.71. The fourth-order valence-electron chi connectivity index (χ4n) is 1.93. The van der Waals surface area contributed by atoms with Crippen LogP contribution in [0.3, 0.4) is 0 Å². The maximum absolute atomic E-state index is 12.0. The Morgan fingerprint density at radius 2 is 1.54 bits per heavy atom. The summed E-state index contributed by atoms with van der Waals surface area (Å²) in [5.74, 6) is -0.747. The Balaban J connectivity index is 1.95. The predicted octanol–water partition coefficient (Wildman–Crippen LogP) is 1.56. The summed E-state index contributed by atoms with van der Waals surface area (Å²) < 4.78 is 26.3. The molecule has 0 saturated carbocycles. The quantitative estimate of drug-likeness (QED) is 0.737. The molecule has 0 aromatic heterocycles. The van der Waals surface area contributed by atoms with Gasteiger partial charge < -0.3 is 10.6 Å². The third kappa shape index (κ3) is 5.18. The Morgan fingerprint density at radius 1 is 0.917 bits per heavy atom. The maximum atomic E-state index is 12.0. The van der Waals surface area contributed by atoms with E-state index < -0.39 is 22.5 Å². The Kier molecular flexibility index (Phi) is 5.67. The summed E-state index contributed by atoms with van der Waals surface area (Å²) in [6.07, 6.45) is 0. The molecule has 0 radical (unpaired) electrons. The van der Waals surface area contributed by atoms with Gasteiger partial charge in [0.1, 0.15) is 0 Å². The number of nitrogens with one attached hydrogen (secondary N) is 3. The van der Waals surface area contributed by atoms with Crippen molar-refractivity contribution in [3.63, 3.8) is 0 Å². The first-order valence-corrected chi connectivity index (χ1v) is 8.57. The van der Waals surface area contributed by atoms with Gasteiger partial charge in [-0.1, -0.05) is 24.3 Å². The minimum absolute atomic E-state index is 0.0884. The number of carbonyl (C=O) groups is 2. The summed E-state index contributed by atoms with van der Waals surface area (Å²) in [6, 6.07) is 14.3. The molecule has 0 aliphatic rings. The van der Waals surface area contributed by atoms with E-state index in [1.54, 1.807) is 42.5 Å². The third-order valence-corrected chi connectivity index (χ3v) is 4.36. The summed E-state index contributed by atoms with van der Waals surface area (Å²) in [6.45, 7) is 0.977. The zero-order valence-corrected chi connectivity index (χ0v) is 13.8. The summed E-state index contributed by atoms with van der Waals surface area (Å²) in [5.41, 5.74) is 0.982. The van der Waals surface area contributed by atoms with E-state index in [1.165, 1.54) is 19.1 Å². The molecule has 0 heterocycles. The summed E-state index contributed by atoms with van der Waals surface area (Å²) in [4.78, 5) is 23.0. The topological polar surface area (TPSA) is 104 Å². The number of carbonyl (C=O) groups excluding carboxylic acids is 2. The second-order valence-corrected chi connectivity index (χ2v) is 6.71. The number of hydrogen-bond donors (Lipinski definition) is 3. The van der Waals surface area contributed by atoms with Crippen molar-refractivity contribution in [2.75, 3.05) is 17.2 Å². The van der Waals surface area contributed by atoms with Crippen LogP contribution in [0.25, 0.3) is 0 Å². The van der Waals surface area contributed by atoms with Crippen molar-refractivity contribution in [1.82, 2.24) is 4.72 Å². The Labute approximate surface area is 140 Å². The van der Waals surface area contributed by atoms with E-state index in [2.05, 4.69) is 15.4 Å². The highest BCUT2D eigenvalue weighted by Gasteiger charge is 2.14. The van der Waals surface area contributed by atoms with Gasteiger partial charge in [-0.05, 0) is 30.3 Å². The van der Waals surface area contributed by atoms with Gasteiger partial charge in [0.15, 0.2) is 0 Å². The molecule has 0 aliphatic carbocycles. The van der Waals surface area contributed by atoms with Gasteiger partial charge >= 0.3 is 0 Å². The lowest BCUT2D eigenvalue weighted by Crippen LogP contribution is -2.32. The molecule has 0 atom stereocenters. The molecule has 24 heavy (non-hydrogen) atoms. The molecule has 0 saturated heterocycles. The lowest BCUT2D eigenvalue weighted by atomic mass is 10.2. The lowest BCUT2D eigenvalue weighted by Gasteiger charge is -2.09. The number of benzene rings is 2. The smallest absolute Gasteiger partial charge is 0.241 e. The van der Waals surface area contributed by atoms with E-state index in [4.69, 9.17) is 0 Å². The van der Waals surface area contributed by atoms with E-state index in [-0.39, 0.29) is 10.8 Å². The first kappa shape index (κ1) is 17.6. The number of rotatable bonds is 6. The van der Waals surface area contributed by atoms with Gasteiger partial charge in [0, 0.05) is 18.3 Å². The van der Waals surface area contributed by atoms with Gasteiger partial charge in [0.25, 0.3) is 0 Å². The highest BCUT2D eigenvalue weighted by atomic mass is 32.2. The maximum Gasteiger partial charge on any atom is 0.241 e. The Bertz CT molecular complexity index is 835. The highest BCUT2D eigenvalue weighted by Crippen LogP contribution is 2.15. The minimum atomic E-state index is -3.74. The fraction of sp³-hybridized carbons (Fsp3) is 0.125.